The zero-order valence-electron chi connectivity index (χ0n) is 12.4. The summed E-state index contributed by atoms with van der Waals surface area (Å²) in [5.74, 6) is 0.829. The molecule has 21 heavy (non-hydrogen) atoms. The van der Waals surface area contributed by atoms with Gasteiger partial charge in [-0.2, -0.15) is 0 Å². The van der Waals surface area contributed by atoms with Crippen LogP contribution in [-0.2, 0) is 6.54 Å². The third-order valence-corrected chi connectivity index (χ3v) is 3.52. The van der Waals surface area contributed by atoms with Gasteiger partial charge in [-0.25, -0.2) is 4.39 Å². The Morgan fingerprint density at radius 2 is 1.76 bits per heavy atom. The van der Waals surface area contributed by atoms with Crippen LogP contribution in [0.15, 0.2) is 46.9 Å². The number of hydrogen-bond acceptors (Lipinski definition) is 2. The van der Waals surface area contributed by atoms with Crippen LogP contribution in [0.2, 0.25) is 0 Å². The molecule has 0 heterocycles. The van der Waals surface area contributed by atoms with Crippen molar-refractivity contribution in [3.8, 4) is 11.5 Å². The Hall–Kier alpha value is -1.39. The minimum atomic E-state index is -0.320. The van der Waals surface area contributed by atoms with Crippen LogP contribution in [0.1, 0.15) is 26.3 Å². The lowest BCUT2D eigenvalue weighted by molar-refractivity contribution is 0.424. The first-order valence-corrected chi connectivity index (χ1v) is 7.60. The summed E-state index contributed by atoms with van der Waals surface area (Å²) in [6, 6.07) is 12.2. The molecule has 0 saturated heterocycles. The van der Waals surface area contributed by atoms with Gasteiger partial charge in [0.05, 0.1) is 4.47 Å². The molecule has 0 spiro atoms. The summed E-state index contributed by atoms with van der Waals surface area (Å²) in [5.41, 5.74) is 1.26. The molecule has 4 heteroatoms. The van der Waals surface area contributed by atoms with Crippen LogP contribution in [0.3, 0.4) is 0 Å². The second-order valence-corrected chi connectivity index (χ2v) is 6.78. The highest BCUT2D eigenvalue weighted by molar-refractivity contribution is 9.10. The molecule has 0 aliphatic heterocycles. The molecule has 0 aromatic heterocycles. The van der Waals surface area contributed by atoms with E-state index in [1.54, 1.807) is 6.07 Å². The van der Waals surface area contributed by atoms with Crippen LogP contribution in [0.4, 0.5) is 4.39 Å². The van der Waals surface area contributed by atoms with Gasteiger partial charge >= 0.3 is 0 Å². The molecule has 2 nitrogen and oxygen atoms in total. The van der Waals surface area contributed by atoms with E-state index in [2.05, 4.69) is 42.0 Å². The first-order valence-electron chi connectivity index (χ1n) is 6.80. The number of hydrogen-bond donors (Lipinski definition) is 1. The Kier molecular flexibility index (Phi) is 5.01. The van der Waals surface area contributed by atoms with Gasteiger partial charge < -0.3 is 10.1 Å². The van der Waals surface area contributed by atoms with Crippen molar-refractivity contribution in [2.45, 2.75) is 32.9 Å². The molecule has 0 amide bonds. The fourth-order valence-electron chi connectivity index (χ4n) is 1.72. The molecule has 112 valence electrons. The van der Waals surface area contributed by atoms with E-state index >= 15 is 0 Å². The van der Waals surface area contributed by atoms with E-state index in [1.807, 2.05) is 24.3 Å². The quantitative estimate of drug-likeness (QED) is 0.810. The summed E-state index contributed by atoms with van der Waals surface area (Å²) in [4.78, 5) is 0. The molecule has 0 atom stereocenters. The summed E-state index contributed by atoms with van der Waals surface area (Å²) >= 11 is 3.35. The summed E-state index contributed by atoms with van der Waals surface area (Å²) in [6.45, 7) is 7.19. The average molecular weight is 352 g/mol. The molecule has 2 rings (SSSR count). The third kappa shape index (κ3) is 5.14. The Morgan fingerprint density at radius 1 is 1.10 bits per heavy atom. The number of nitrogens with one attached hydrogen (secondary N) is 1. The van der Waals surface area contributed by atoms with Crippen LogP contribution < -0.4 is 10.1 Å². The average Bonchev–Trinajstić information content (AvgIpc) is 2.41. The Bertz CT molecular complexity index is 605. The summed E-state index contributed by atoms with van der Waals surface area (Å²) < 4.78 is 19.6. The Balaban J connectivity index is 2.04. The molecular formula is C17H19BrFNO. The number of rotatable bonds is 4. The van der Waals surface area contributed by atoms with Gasteiger partial charge in [-0.05, 0) is 66.5 Å². The van der Waals surface area contributed by atoms with Gasteiger partial charge in [0.15, 0.2) is 0 Å². The van der Waals surface area contributed by atoms with Crippen LogP contribution in [0, 0.1) is 5.82 Å². The van der Waals surface area contributed by atoms with Crippen molar-refractivity contribution >= 4 is 15.9 Å². The Morgan fingerprint density at radius 3 is 2.38 bits per heavy atom. The van der Waals surface area contributed by atoms with E-state index in [4.69, 9.17) is 4.74 Å². The molecule has 0 aliphatic carbocycles. The zero-order chi connectivity index (χ0) is 15.5. The second kappa shape index (κ2) is 6.58. The summed E-state index contributed by atoms with van der Waals surface area (Å²) in [5, 5.41) is 3.43. The molecule has 0 saturated carbocycles. The van der Waals surface area contributed by atoms with E-state index in [1.165, 1.54) is 17.7 Å². The van der Waals surface area contributed by atoms with Crippen LogP contribution in [-0.4, -0.2) is 5.54 Å². The number of benzene rings is 2. The van der Waals surface area contributed by atoms with Gasteiger partial charge in [-0.15, -0.1) is 0 Å². The second-order valence-electron chi connectivity index (χ2n) is 5.92. The first kappa shape index (κ1) is 16.0. The van der Waals surface area contributed by atoms with Crippen molar-refractivity contribution in [1.29, 1.82) is 0 Å². The molecule has 0 aliphatic rings. The van der Waals surface area contributed by atoms with Crippen LogP contribution in [0.5, 0.6) is 11.5 Å². The zero-order valence-corrected chi connectivity index (χ0v) is 14.0. The molecule has 2 aromatic rings. The fourth-order valence-corrected chi connectivity index (χ4v) is 2.05. The van der Waals surface area contributed by atoms with Crippen molar-refractivity contribution in [2.75, 3.05) is 0 Å². The highest BCUT2D eigenvalue weighted by atomic mass is 79.9. The molecule has 0 unspecified atom stereocenters. The van der Waals surface area contributed by atoms with Gasteiger partial charge in [0, 0.05) is 18.2 Å². The molecule has 0 fully saturated rings. The minimum absolute atomic E-state index is 0.0849. The predicted molar refractivity (Wildman–Crippen MR) is 87.2 cm³/mol. The topological polar surface area (TPSA) is 21.3 Å². The van der Waals surface area contributed by atoms with E-state index in [9.17, 15) is 4.39 Å². The van der Waals surface area contributed by atoms with Crippen molar-refractivity contribution in [3.05, 3.63) is 58.3 Å². The van der Waals surface area contributed by atoms with Crippen molar-refractivity contribution in [3.63, 3.8) is 0 Å². The Labute approximate surface area is 133 Å². The lowest BCUT2D eigenvalue weighted by Crippen LogP contribution is -2.34. The lowest BCUT2D eigenvalue weighted by atomic mass is 10.1. The van der Waals surface area contributed by atoms with Gasteiger partial charge in [0.1, 0.15) is 17.3 Å². The SMILES string of the molecule is CC(C)(C)NCc1ccc(Oc2cc(F)ccc2Br)cc1. The maximum absolute atomic E-state index is 13.2. The van der Waals surface area contributed by atoms with Crippen molar-refractivity contribution < 1.29 is 9.13 Å². The van der Waals surface area contributed by atoms with Crippen molar-refractivity contribution in [2.24, 2.45) is 0 Å². The molecule has 1 N–H and O–H groups in total. The maximum Gasteiger partial charge on any atom is 0.144 e. The molecular weight excluding hydrogens is 333 g/mol. The largest absolute Gasteiger partial charge is 0.456 e. The standard InChI is InChI=1S/C17H19BrFNO/c1-17(2,3)20-11-12-4-7-14(8-5-12)21-16-10-13(19)6-9-15(16)18/h4-10,20H,11H2,1-3H3. The fraction of sp³-hybridized carbons (Fsp3) is 0.294. The molecule has 0 bridgehead atoms. The van der Waals surface area contributed by atoms with Gasteiger partial charge in [-0.1, -0.05) is 12.1 Å². The lowest BCUT2D eigenvalue weighted by Gasteiger charge is -2.20. The smallest absolute Gasteiger partial charge is 0.144 e. The van der Waals surface area contributed by atoms with Crippen LogP contribution >= 0.6 is 15.9 Å². The maximum atomic E-state index is 13.2. The number of ether oxygens (including phenoxy) is 1. The van der Waals surface area contributed by atoms with Crippen molar-refractivity contribution in [1.82, 2.24) is 5.32 Å². The number of halogens is 2. The predicted octanol–water partition coefficient (Wildman–Crippen LogP) is 5.27. The van der Waals surface area contributed by atoms with Gasteiger partial charge in [0.25, 0.3) is 0 Å². The molecule has 2 aromatic carbocycles. The summed E-state index contributed by atoms with van der Waals surface area (Å²) in [7, 11) is 0. The van der Waals surface area contributed by atoms with E-state index in [-0.39, 0.29) is 11.4 Å². The van der Waals surface area contributed by atoms with Crippen LogP contribution in [0.25, 0.3) is 0 Å². The third-order valence-electron chi connectivity index (χ3n) is 2.87. The van der Waals surface area contributed by atoms with E-state index in [0.29, 0.717) is 11.5 Å². The summed E-state index contributed by atoms with van der Waals surface area (Å²) in [6.07, 6.45) is 0. The van der Waals surface area contributed by atoms with Gasteiger partial charge in [0.2, 0.25) is 0 Å². The minimum Gasteiger partial charge on any atom is -0.456 e. The first-order chi connectivity index (χ1) is 9.83. The highest BCUT2D eigenvalue weighted by Gasteiger charge is 2.08. The monoisotopic (exact) mass is 351 g/mol. The van der Waals surface area contributed by atoms with Gasteiger partial charge in [-0.3, -0.25) is 0 Å². The highest BCUT2D eigenvalue weighted by Crippen LogP contribution is 2.30. The van der Waals surface area contributed by atoms with E-state index in [0.717, 1.165) is 11.0 Å². The normalized spacial score (nSPS) is 11.5. The van der Waals surface area contributed by atoms with E-state index < -0.39 is 0 Å². The molecule has 0 radical (unpaired) electrons.